The number of benzene rings is 2. The first-order valence-corrected chi connectivity index (χ1v) is 11.5. The Hall–Kier alpha value is -3.44. The van der Waals surface area contributed by atoms with Crippen LogP contribution in [0.15, 0.2) is 47.6 Å². The SMILES string of the molecule is CCn1c(SCC(=O)Nc2cc(F)ccc2C)nnc1[C@@H](CO)NC(=O)c1ccc(OC)cc1. The molecule has 1 heterocycles. The van der Waals surface area contributed by atoms with Gasteiger partial charge in [0.15, 0.2) is 11.0 Å². The number of ether oxygens (including phenoxy) is 1. The molecule has 0 radical (unpaired) electrons. The van der Waals surface area contributed by atoms with Crippen molar-refractivity contribution >= 4 is 29.3 Å². The van der Waals surface area contributed by atoms with Gasteiger partial charge in [0.2, 0.25) is 5.91 Å². The molecule has 0 bridgehead atoms. The summed E-state index contributed by atoms with van der Waals surface area (Å²) in [5.74, 6) is -0.120. The lowest BCUT2D eigenvalue weighted by molar-refractivity contribution is -0.113. The van der Waals surface area contributed by atoms with Crippen LogP contribution in [-0.2, 0) is 11.3 Å². The van der Waals surface area contributed by atoms with Crippen LogP contribution < -0.4 is 15.4 Å². The van der Waals surface area contributed by atoms with Crippen molar-refractivity contribution in [2.24, 2.45) is 0 Å². The maximum absolute atomic E-state index is 13.5. The molecule has 3 rings (SSSR count). The van der Waals surface area contributed by atoms with Crippen LogP contribution in [0.1, 0.15) is 34.7 Å². The van der Waals surface area contributed by atoms with Gasteiger partial charge in [-0.2, -0.15) is 0 Å². The van der Waals surface area contributed by atoms with E-state index in [1.165, 1.54) is 19.2 Å². The number of halogens is 1. The molecule has 0 aliphatic carbocycles. The van der Waals surface area contributed by atoms with Crippen LogP contribution in [0, 0.1) is 12.7 Å². The molecule has 2 aromatic carbocycles. The molecular weight excluding hydrogens is 461 g/mol. The summed E-state index contributed by atoms with van der Waals surface area (Å²) in [6.07, 6.45) is 0. The predicted molar refractivity (Wildman–Crippen MR) is 126 cm³/mol. The summed E-state index contributed by atoms with van der Waals surface area (Å²) < 4.78 is 20.3. The second kappa shape index (κ2) is 11.6. The molecule has 0 saturated heterocycles. The van der Waals surface area contributed by atoms with E-state index in [0.717, 1.165) is 17.3 Å². The summed E-state index contributed by atoms with van der Waals surface area (Å²) >= 11 is 1.15. The third-order valence-corrected chi connectivity index (χ3v) is 5.99. The number of carbonyl (C=O) groups is 2. The smallest absolute Gasteiger partial charge is 0.251 e. The average Bonchev–Trinajstić information content (AvgIpc) is 3.26. The lowest BCUT2D eigenvalue weighted by Crippen LogP contribution is -2.32. The number of rotatable bonds is 10. The second-order valence-corrected chi connectivity index (χ2v) is 8.26. The first-order chi connectivity index (χ1) is 16.4. The van der Waals surface area contributed by atoms with Gasteiger partial charge in [0.1, 0.15) is 17.6 Å². The van der Waals surface area contributed by atoms with E-state index in [9.17, 15) is 19.1 Å². The van der Waals surface area contributed by atoms with Crippen molar-refractivity contribution < 1.29 is 23.8 Å². The van der Waals surface area contributed by atoms with Gasteiger partial charge in [-0.25, -0.2) is 4.39 Å². The summed E-state index contributed by atoms with van der Waals surface area (Å²) in [6.45, 7) is 3.72. The fourth-order valence-electron chi connectivity index (χ4n) is 3.18. The molecule has 0 saturated carbocycles. The van der Waals surface area contributed by atoms with E-state index in [1.54, 1.807) is 41.8 Å². The molecule has 180 valence electrons. The van der Waals surface area contributed by atoms with Crippen LogP contribution in [0.25, 0.3) is 0 Å². The highest BCUT2D eigenvalue weighted by Crippen LogP contribution is 2.22. The first kappa shape index (κ1) is 25.2. The number of aliphatic hydroxyl groups is 1. The summed E-state index contributed by atoms with van der Waals surface area (Å²) in [7, 11) is 1.54. The summed E-state index contributed by atoms with van der Waals surface area (Å²) in [5.41, 5.74) is 1.56. The topological polar surface area (TPSA) is 118 Å². The van der Waals surface area contributed by atoms with Crippen LogP contribution >= 0.6 is 11.8 Å². The van der Waals surface area contributed by atoms with Crippen molar-refractivity contribution in [3.63, 3.8) is 0 Å². The molecule has 9 nitrogen and oxygen atoms in total. The highest BCUT2D eigenvalue weighted by atomic mass is 32.2. The maximum atomic E-state index is 13.5. The minimum absolute atomic E-state index is 0.0239. The van der Waals surface area contributed by atoms with E-state index in [2.05, 4.69) is 20.8 Å². The van der Waals surface area contributed by atoms with E-state index < -0.39 is 11.9 Å². The lowest BCUT2D eigenvalue weighted by Gasteiger charge is -2.17. The molecule has 2 amide bonds. The third-order valence-electron chi connectivity index (χ3n) is 5.02. The maximum Gasteiger partial charge on any atom is 0.251 e. The standard InChI is InChI=1S/C23H26FN5O4S/c1-4-29-21(19(12-30)26-22(32)15-6-9-17(33-3)10-7-15)27-28-23(29)34-13-20(31)25-18-11-16(24)8-5-14(18)2/h5-11,19,30H,4,12-13H2,1-3H3,(H,25,31)(H,26,32)/t19-/m1/s1. The van der Waals surface area contributed by atoms with Crippen molar-refractivity contribution in [1.29, 1.82) is 0 Å². The second-order valence-electron chi connectivity index (χ2n) is 7.32. The Labute approximate surface area is 200 Å². The number of aliphatic hydroxyl groups excluding tert-OH is 1. The molecule has 1 aromatic heterocycles. The molecule has 0 fully saturated rings. The molecule has 0 spiro atoms. The highest BCUT2D eigenvalue weighted by molar-refractivity contribution is 7.99. The van der Waals surface area contributed by atoms with Crippen molar-refractivity contribution in [3.8, 4) is 5.75 Å². The van der Waals surface area contributed by atoms with Crippen molar-refractivity contribution in [2.45, 2.75) is 31.6 Å². The molecule has 0 aliphatic rings. The molecule has 3 aromatic rings. The van der Waals surface area contributed by atoms with Gasteiger partial charge < -0.3 is 25.0 Å². The van der Waals surface area contributed by atoms with Crippen LogP contribution in [0.3, 0.4) is 0 Å². The Morgan fingerprint density at radius 3 is 2.59 bits per heavy atom. The predicted octanol–water partition coefficient (Wildman–Crippen LogP) is 2.95. The van der Waals surface area contributed by atoms with Crippen molar-refractivity contribution in [2.75, 3.05) is 24.8 Å². The molecule has 1 atom stereocenters. The fraction of sp³-hybridized carbons (Fsp3) is 0.304. The van der Waals surface area contributed by atoms with Gasteiger partial charge in [-0.1, -0.05) is 17.8 Å². The van der Waals surface area contributed by atoms with Crippen LogP contribution in [0.4, 0.5) is 10.1 Å². The van der Waals surface area contributed by atoms with Gasteiger partial charge >= 0.3 is 0 Å². The number of thioether (sulfide) groups is 1. The number of carbonyl (C=O) groups excluding carboxylic acids is 2. The number of nitrogens with zero attached hydrogens (tertiary/aromatic N) is 3. The summed E-state index contributed by atoms with van der Waals surface area (Å²) in [6, 6.07) is 9.97. The van der Waals surface area contributed by atoms with Gasteiger partial charge in [-0.3, -0.25) is 9.59 Å². The van der Waals surface area contributed by atoms with E-state index in [0.29, 0.717) is 34.5 Å². The van der Waals surface area contributed by atoms with Crippen LogP contribution in [0.2, 0.25) is 0 Å². The van der Waals surface area contributed by atoms with Gasteiger partial charge in [0, 0.05) is 17.8 Å². The Morgan fingerprint density at radius 1 is 1.21 bits per heavy atom. The summed E-state index contributed by atoms with van der Waals surface area (Å²) in [4.78, 5) is 25.0. The number of aryl methyl sites for hydroxylation is 1. The zero-order valence-corrected chi connectivity index (χ0v) is 19.9. The molecule has 0 aliphatic heterocycles. The Kier molecular flexibility index (Phi) is 8.61. The summed E-state index contributed by atoms with van der Waals surface area (Å²) in [5, 5.41) is 24.1. The van der Waals surface area contributed by atoms with E-state index >= 15 is 0 Å². The molecule has 11 heteroatoms. The quantitative estimate of drug-likeness (QED) is 0.376. The molecule has 34 heavy (non-hydrogen) atoms. The first-order valence-electron chi connectivity index (χ1n) is 10.5. The molecular formula is C23H26FN5O4S. The zero-order chi connectivity index (χ0) is 24.7. The van der Waals surface area contributed by atoms with Gasteiger partial charge in [0.25, 0.3) is 5.91 Å². The van der Waals surface area contributed by atoms with Gasteiger partial charge in [-0.15, -0.1) is 10.2 Å². The normalized spacial score (nSPS) is 11.7. The molecule has 0 unspecified atom stereocenters. The van der Waals surface area contributed by atoms with E-state index in [4.69, 9.17) is 4.74 Å². The highest BCUT2D eigenvalue weighted by Gasteiger charge is 2.23. The zero-order valence-electron chi connectivity index (χ0n) is 19.0. The Bertz CT molecular complexity index is 1150. The lowest BCUT2D eigenvalue weighted by atomic mass is 10.2. The largest absolute Gasteiger partial charge is 0.497 e. The Morgan fingerprint density at radius 2 is 1.94 bits per heavy atom. The minimum Gasteiger partial charge on any atom is -0.497 e. The number of hydrogen-bond acceptors (Lipinski definition) is 7. The van der Waals surface area contributed by atoms with Gasteiger partial charge in [-0.05, 0) is 55.8 Å². The van der Waals surface area contributed by atoms with E-state index in [-0.39, 0.29) is 24.2 Å². The minimum atomic E-state index is -0.792. The van der Waals surface area contributed by atoms with Crippen molar-refractivity contribution in [1.82, 2.24) is 20.1 Å². The van der Waals surface area contributed by atoms with E-state index in [1.807, 2.05) is 6.92 Å². The third kappa shape index (κ3) is 6.12. The van der Waals surface area contributed by atoms with Crippen LogP contribution in [0.5, 0.6) is 5.75 Å². The monoisotopic (exact) mass is 487 g/mol. The number of anilines is 1. The molecule has 3 N–H and O–H groups in total. The van der Waals surface area contributed by atoms with Gasteiger partial charge in [0.05, 0.1) is 19.5 Å². The number of hydrogen-bond donors (Lipinski definition) is 3. The number of aromatic nitrogens is 3. The number of nitrogens with one attached hydrogen (secondary N) is 2. The van der Waals surface area contributed by atoms with Crippen LogP contribution in [-0.4, -0.2) is 51.2 Å². The number of amides is 2. The Balaban J connectivity index is 1.67. The fourth-order valence-corrected chi connectivity index (χ4v) is 3.99. The average molecular weight is 488 g/mol. The number of methoxy groups -OCH3 is 1. The van der Waals surface area contributed by atoms with Crippen molar-refractivity contribution in [3.05, 3.63) is 65.2 Å².